The maximum Gasteiger partial charge on any atom is 0.237 e. The number of carbonyl (C=O) groups is 1. The number of amides is 1. The highest BCUT2D eigenvalue weighted by atomic mass is 16.5. The van der Waals surface area contributed by atoms with E-state index in [-0.39, 0.29) is 12.0 Å². The Balaban J connectivity index is 1.58. The molecule has 0 aliphatic carbocycles. The fourth-order valence-corrected chi connectivity index (χ4v) is 3.10. The first-order chi connectivity index (χ1) is 12.3. The quantitative estimate of drug-likeness (QED) is 0.804. The van der Waals surface area contributed by atoms with Gasteiger partial charge in [-0.15, -0.1) is 0 Å². The van der Waals surface area contributed by atoms with E-state index in [1.807, 2.05) is 41.3 Å². The summed E-state index contributed by atoms with van der Waals surface area (Å²) in [6.07, 6.45) is 2.46. The molecule has 0 aromatic heterocycles. The zero-order chi connectivity index (χ0) is 17.3. The molecule has 1 heterocycles. The number of hydrogen-bond donors (Lipinski definition) is 1. The predicted molar refractivity (Wildman–Crippen MR) is 99.0 cm³/mol. The van der Waals surface area contributed by atoms with Crippen molar-refractivity contribution in [3.8, 4) is 0 Å². The molecule has 0 spiro atoms. The highest BCUT2D eigenvalue weighted by molar-refractivity contribution is 5.78. The van der Waals surface area contributed by atoms with Gasteiger partial charge in [0, 0.05) is 26.2 Å². The van der Waals surface area contributed by atoms with Crippen molar-refractivity contribution < 1.29 is 9.53 Å². The van der Waals surface area contributed by atoms with Crippen LogP contribution in [0.3, 0.4) is 0 Å². The lowest BCUT2D eigenvalue weighted by Gasteiger charge is -2.24. The van der Waals surface area contributed by atoms with Crippen molar-refractivity contribution in [2.75, 3.05) is 19.7 Å². The van der Waals surface area contributed by atoms with Gasteiger partial charge in [-0.3, -0.25) is 4.79 Å². The second kappa shape index (κ2) is 9.35. The van der Waals surface area contributed by atoms with Gasteiger partial charge in [0.05, 0.1) is 12.6 Å². The van der Waals surface area contributed by atoms with E-state index in [9.17, 15) is 4.79 Å². The largest absolute Gasteiger partial charge is 0.377 e. The van der Waals surface area contributed by atoms with E-state index >= 15 is 0 Å². The zero-order valence-corrected chi connectivity index (χ0v) is 14.6. The Morgan fingerprint density at radius 2 is 1.60 bits per heavy atom. The molecule has 1 saturated heterocycles. The highest BCUT2D eigenvalue weighted by Gasteiger charge is 2.17. The standard InChI is InChI=1S/C21H26N2O2/c24-21(15-22-14-20-12-7-13-25-20)23(16-18-8-3-1-4-9-18)17-19-10-5-2-6-11-19/h1-6,8-11,20,22H,7,12-17H2. The molecule has 0 bridgehead atoms. The van der Waals surface area contributed by atoms with Crippen LogP contribution in [0.1, 0.15) is 24.0 Å². The molecule has 4 heteroatoms. The van der Waals surface area contributed by atoms with Crippen LogP contribution in [0.2, 0.25) is 0 Å². The van der Waals surface area contributed by atoms with Crippen molar-refractivity contribution >= 4 is 5.91 Å². The third-order valence-electron chi connectivity index (χ3n) is 4.46. The first-order valence-corrected chi connectivity index (χ1v) is 8.99. The lowest BCUT2D eigenvalue weighted by Crippen LogP contribution is -2.39. The lowest BCUT2D eigenvalue weighted by molar-refractivity contribution is -0.131. The van der Waals surface area contributed by atoms with Gasteiger partial charge in [-0.2, -0.15) is 0 Å². The van der Waals surface area contributed by atoms with Crippen LogP contribution < -0.4 is 5.32 Å². The molecule has 1 atom stereocenters. The highest BCUT2D eigenvalue weighted by Crippen LogP contribution is 2.12. The average Bonchev–Trinajstić information content (AvgIpc) is 3.16. The molecule has 1 aliphatic rings. The van der Waals surface area contributed by atoms with Gasteiger partial charge in [-0.25, -0.2) is 0 Å². The molecule has 25 heavy (non-hydrogen) atoms. The maximum absolute atomic E-state index is 12.7. The summed E-state index contributed by atoms with van der Waals surface area (Å²) >= 11 is 0. The summed E-state index contributed by atoms with van der Waals surface area (Å²) in [7, 11) is 0. The van der Waals surface area contributed by atoms with E-state index in [2.05, 4.69) is 29.6 Å². The second-order valence-electron chi connectivity index (χ2n) is 6.49. The van der Waals surface area contributed by atoms with Crippen LogP contribution in [0.25, 0.3) is 0 Å². The third kappa shape index (κ3) is 5.69. The summed E-state index contributed by atoms with van der Waals surface area (Å²) in [5.41, 5.74) is 2.29. The molecule has 132 valence electrons. The molecule has 2 aromatic carbocycles. The average molecular weight is 338 g/mol. The molecule has 3 rings (SSSR count). The lowest BCUT2D eigenvalue weighted by atomic mass is 10.1. The number of carbonyl (C=O) groups excluding carboxylic acids is 1. The van der Waals surface area contributed by atoms with Gasteiger partial charge in [0.1, 0.15) is 0 Å². The van der Waals surface area contributed by atoms with Crippen LogP contribution in [-0.4, -0.2) is 36.6 Å². The number of ether oxygens (including phenoxy) is 1. The monoisotopic (exact) mass is 338 g/mol. The Morgan fingerprint density at radius 1 is 1.00 bits per heavy atom. The minimum absolute atomic E-state index is 0.116. The second-order valence-corrected chi connectivity index (χ2v) is 6.49. The first kappa shape index (κ1) is 17.6. The van der Waals surface area contributed by atoms with Gasteiger partial charge in [-0.05, 0) is 24.0 Å². The molecule has 1 unspecified atom stereocenters. The maximum atomic E-state index is 12.7. The van der Waals surface area contributed by atoms with Gasteiger partial charge < -0.3 is 15.0 Å². The van der Waals surface area contributed by atoms with Gasteiger partial charge in [-0.1, -0.05) is 60.7 Å². The van der Waals surface area contributed by atoms with E-state index in [1.165, 1.54) is 0 Å². The predicted octanol–water partition coefficient (Wildman–Crippen LogP) is 2.98. The molecule has 2 aromatic rings. The summed E-state index contributed by atoms with van der Waals surface area (Å²) < 4.78 is 5.60. The summed E-state index contributed by atoms with van der Waals surface area (Å²) in [5, 5.41) is 3.26. The molecular weight excluding hydrogens is 312 g/mol. The summed E-state index contributed by atoms with van der Waals surface area (Å²) in [6, 6.07) is 20.3. The Kier molecular flexibility index (Phi) is 6.60. The number of benzene rings is 2. The van der Waals surface area contributed by atoms with Crippen LogP contribution in [-0.2, 0) is 22.6 Å². The molecule has 1 aliphatic heterocycles. The van der Waals surface area contributed by atoms with E-state index in [4.69, 9.17) is 4.74 Å². The molecular formula is C21H26N2O2. The van der Waals surface area contributed by atoms with Gasteiger partial charge in [0.2, 0.25) is 5.91 Å². The van der Waals surface area contributed by atoms with E-state index < -0.39 is 0 Å². The van der Waals surface area contributed by atoms with Crippen LogP contribution in [0.4, 0.5) is 0 Å². The first-order valence-electron chi connectivity index (χ1n) is 8.99. The molecule has 0 radical (unpaired) electrons. The summed E-state index contributed by atoms with van der Waals surface area (Å²) in [5.74, 6) is 0.116. The van der Waals surface area contributed by atoms with Crippen molar-refractivity contribution in [2.24, 2.45) is 0 Å². The smallest absolute Gasteiger partial charge is 0.237 e. The van der Waals surface area contributed by atoms with Crippen LogP contribution in [0.5, 0.6) is 0 Å². The molecule has 0 saturated carbocycles. The number of nitrogens with zero attached hydrogens (tertiary/aromatic N) is 1. The third-order valence-corrected chi connectivity index (χ3v) is 4.46. The Labute approximate surface area is 149 Å². The Hall–Kier alpha value is -2.17. The molecule has 4 nitrogen and oxygen atoms in total. The number of hydrogen-bond acceptors (Lipinski definition) is 3. The molecule has 1 N–H and O–H groups in total. The minimum Gasteiger partial charge on any atom is -0.377 e. The van der Waals surface area contributed by atoms with Gasteiger partial charge >= 0.3 is 0 Å². The number of rotatable bonds is 8. The van der Waals surface area contributed by atoms with Crippen LogP contribution in [0.15, 0.2) is 60.7 Å². The molecule has 1 amide bonds. The number of nitrogens with one attached hydrogen (secondary N) is 1. The fraction of sp³-hybridized carbons (Fsp3) is 0.381. The van der Waals surface area contributed by atoms with E-state index in [0.717, 1.165) is 37.1 Å². The normalized spacial score (nSPS) is 16.7. The van der Waals surface area contributed by atoms with E-state index in [0.29, 0.717) is 19.6 Å². The summed E-state index contributed by atoms with van der Waals surface area (Å²) in [4.78, 5) is 14.7. The Bertz CT molecular complexity index is 598. The van der Waals surface area contributed by atoms with Gasteiger partial charge in [0.15, 0.2) is 0 Å². The van der Waals surface area contributed by atoms with Crippen molar-refractivity contribution in [1.29, 1.82) is 0 Å². The van der Waals surface area contributed by atoms with Crippen molar-refractivity contribution in [1.82, 2.24) is 10.2 Å². The van der Waals surface area contributed by atoms with E-state index in [1.54, 1.807) is 0 Å². The van der Waals surface area contributed by atoms with Crippen LogP contribution >= 0.6 is 0 Å². The SMILES string of the molecule is O=C(CNCC1CCCO1)N(Cc1ccccc1)Cc1ccccc1. The van der Waals surface area contributed by atoms with Crippen molar-refractivity contribution in [2.45, 2.75) is 32.0 Å². The van der Waals surface area contributed by atoms with Gasteiger partial charge in [0.25, 0.3) is 0 Å². The molecule has 1 fully saturated rings. The van der Waals surface area contributed by atoms with Crippen LogP contribution in [0, 0.1) is 0 Å². The summed E-state index contributed by atoms with van der Waals surface area (Å²) in [6.45, 7) is 3.18. The topological polar surface area (TPSA) is 41.6 Å². The Morgan fingerprint density at radius 3 is 2.12 bits per heavy atom. The fourth-order valence-electron chi connectivity index (χ4n) is 3.10. The minimum atomic E-state index is 0.116. The zero-order valence-electron chi connectivity index (χ0n) is 14.6. The van der Waals surface area contributed by atoms with Crippen molar-refractivity contribution in [3.63, 3.8) is 0 Å². The van der Waals surface area contributed by atoms with Crippen molar-refractivity contribution in [3.05, 3.63) is 71.8 Å².